The van der Waals surface area contributed by atoms with E-state index in [1.54, 1.807) is 12.1 Å². The fourth-order valence-electron chi connectivity index (χ4n) is 2.12. The average Bonchev–Trinajstić information content (AvgIpc) is 2.53. The van der Waals surface area contributed by atoms with Crippen LogP contribution in [-0.2, 0) is 0 Å². The second-order valence-electron chi connectivity index (χ2n) is 5.11. The summed E-state index contributed by atoms with van der Waals surface area (Å²) in [6.45, 7) is 2.01. The van der Waals surface area contributed by atoms with Crippen molar-refractivity contribution in [1.29, 1.82) is 0 Å². The third-order valence-electron chi connectivity index (χ3n) is 3.27. The fraction of sp³-hybridized carbons (Fsp3) is 0.0588. The number of benzene rings is 2. The molecule has 23 heavy (non-hydrogen) atoms. The molecule has 0 aliphatic rings. The molecule has 0 aliphatic heterocycles. The first-order valence-electron chi connectivity index (χ1n) is 7.08. The van der Waals surface area contributed by atoms with Crippen molar-refractivity contribution in [3.05, 3.63) is 66.2 Å². The number of anilines is 5. The summed E-state index contributed by atoms with van der Waals surface area (Å²) in [4.78, 5) is 8.31. The van der Waals surface area contributed by atoms with Crippen LogP contribution in [0, 0.1) is 12.7 Å². The van der Waals surface area contributed by atoms with E-state index in [1.807, 2.05) is 31.2 Å². The minimum Gasteiger partial charge on any atom is -0.393 e. The van der Waals surface area contributed by atoms with Gasteiger partial charge >= 0.3 is 0 Å². The summed E-state index contributed by atoms with van der Waals surface area (Å²) < 4.78 is 13.0. The van der Waals surface area contributed by atoms with Crippen molar-refractivity contribution in [2.24, 2.45) is 0 Å². The molecule has 116 valence electrons. The molecule has 0 saturated heterocycles. The summed E-state index contributed by atoms with van der Waals surface area (Å²) in [5, 5.41) is 6.23. The molecule has 0 spiro atoms. The van der Waals surface area contributed by atoms with Crippen LogP contribution in [0.3, 0.4) is 0 Å². The predicted octanol–water partition coefficient (Wildman–Crippen LogP) is 3.99. The van der Waals surface area contributed by atoms with Gasteiger partial charge in [-0.05, 0) is 48.9 Å². The molecule has 0 unspecified atom stereocenters. The van der Waals surface area contributed by atoms with E-state index >= 15 is 0 Å². The zero-order chi connectivity index (χ0) is 16.2. The van der Waals surface area contributed by atoms with E-state index in [0.29, 0.717) is 23.0 Å². The molecule has 4 N–H and O–H groups in total. The maximum atomic E-state index is 13.0. The molecule has 5 nitrogen and oxygen atoms in total. The summed E-state index contributed by atoms with van der Waals surface area (Å²) >= 11 is 0. The minimum atomic E-state index is -0.298. The van der Waals surface area contributed by atoms with E-state index in [0.717, 1.165) is 11.3 Å². The predicted molar refractivity (Wildman–Crippen MR) is 90.6 cm³/mol. The molecule has 0 radical (unpaired) electrons. The van der Waals surface area contributed by atoms with Crippen LogP contribution in [-0.4, -0.2) is 9.97 Å². The van der Waals surface area contributed by atoms with Crippen LogP contribution in [0.25, 0.3) is 0 Å². The molecule has 0 bridgehead atoms. The molecule has 0 saturated carbocycles. The summed E-state index contributed by atoms with van der Waals surface area (Å²) in [5.74, 6) is 0.671. The van der Waals surface area contributed by atoms with Gasteiger partial charge in [0.05, 0.1) is 0 Å². The highest BCUT2D eigenvalue weighted by atomic mass is 19.1. The number of aryl methyl sites for hydroxylation is 1. The molecule has 2 aromatic carbocycles. The Bertz CT molecular complexity index is 817. The Balaban J connectivity index is 1.84. The van der Waals surface area contributed by atoms with Crippen LogP contribution in [0.15, 0.2) is 54.9 Å². The number of hydrogen-bond acceptors (Lipinski definition) is 5. The number of hydrogen-bond donors (Lipinski definition) is 3. The van der Waals surface area contributed by atoms with Crippen molar-refractivity contribution in [2.45, 2.75) is 6.92 Å². The van der Waals surface area contributed by atoms with Gasteiger partial charge in [0.15, 0.2) is 11.6 Å². The van der Waals surface area contributed by atoms with Crippen LogP contribution in [0.1, 0.15) is 5.56 Å². The largest absolute Gasteiger partial charge is 0.393 e. The quantitative estimate of drug-likeness (QED) is 0.679. The van der Waals surface area contributed by atoms with Crippen LogP contribution in [0.5, 0.6) is 0 Å². The number of halogens is 1. The third kappa shape index (κ3) is 3.55. The monoisotopic (exact) mass is 309 g/mol. The van der Waals surface area contributed by atoms with Gasteiger partial charge in [0, 0.05) is 11.4 Å². The number of nitrogens with one attached hydrogen (secondary N) is 2. The highest BCUT2D eigenvalue weighted by molar-refractivity contribution is 5.80. The minimum absolute atomic E-state index is 0.298. The van der Waals surface area contributed by atoms with Gasteiger partial charge < -0.3 is 16.4 Å². The van der Waals surface area contributed by atoms with Crippen LogP contribution >= 0.6 is 0 Å². The third-order valence-corrected chi connectivity index (χ3v) is 3.27. The second-order valence-corrected chi connectivity index (χ2v) is 5.11. The lowest BCUT2D eigenvalue weighted by Gasteiger charge is -2.12. The molecule has 0 aliphatic carbocycles. The molecule has 0 atom stereocenters. The normalized spacial score (nSPS) is 10.3. The Morgan fingerprint density at radius 2 is 1.57 bits per heavy atom. The Hall–Kier alpha value is -3.15. The summed E-state index contributed by atoms with van der Waals surface area (Å²) in [6, 6.07) is 13.9. The lowest BCUT2D eigenvalue weighted by Crippen LogP contribution is -2.05. The first-order valence-corrected chi connectivity index (χ1v) is 7.08. The number of nitrogens with zero attached hydrogens (tertiary/aromatic N) is 2. The van der Waals surface area contributed by atoms with Crippen LogP contribution in [0.4, 0.5) is 33.1 Å². The Labute approximate surface area is 133 Å². The highest BCUT2D eigenvalue weighted by Crippen LogP contribution is 2.28. The molecule has 1 aromatic heterocycles. The average molecular weight is 309 g/mol. The van der Waals surface area contributed by atoms with Gasteiger partial charge in [-0.25, -0.2) is 14.4 Å². The number of nitrogens with two attached hydrogens (primary N) is 1. The summed E-state index contributed by atoms with van der Waals surface area (Å²) in [5.41, 5.74) is 9.23. The molecule has 0 fully saturated rings. The van der Waals surface area contributed by atoms with Gasteiger partial charge in [-0.2, -0.15) is 0 Å². The number of rotatable bonds is 4. The first kappa shape index (κ1) is 14.8. The Kier molecular flexibility index (Phi) is 4.05. The standard InChI is InChI=1S/C17H16FN5/c1-11-3-2-4-14(9-11)23-17-15(19)16(20-10-21-17)22-13-7-5-12(18)6-8-13/h2-10H,19H2,1H3,(H2,20,21,22,23). The topological polar surface area (TPSA) is 75.9 Å². The maximum absolute atomic E-state index is 13.0. The molecule has 1 heterocycles. The zero-order valence-corrected chi connectivity index (χ0v) is 12.5. The van der Waals surface area contributed by atoms with Crippen molar-refractivity contribution in [2.75, 3.05) is 16.4 Å². The van der Waals surface area contributed by atoms with Crippen LogP contribution in [0.2, 0.25) is 0 Å². The van der Waals surface area contributed by atoms with Gasteiger partial charge in [-0.15, -0.1) is 0 Å². The van der Waals surface area contributed by atoms with Gasteiger partial charge in [0.25, 0.3) is 0 Å². The number of nitrogen functional groups attached to an aromatic ring is 1. The van der Waals surface area contributed by atoms with Gasteiger partial charge in [-0.3, -0.25) is 0 Å². The molecule has 0 amide bonds. The van der Waals surface area contributed by atoms with Crippen molar-refractivity contribution in [3.63, 3.8) is 0 Å². The van der Waals surface area contributed by atoms with Crippen molar-refractivity contribution in [1.82, 2.24) is 9.97 Å². The van der Waals surface area contributed by atoms with Gasteiger partial charge in [0.1, 0.15) is 17.8 Å². The molecule has 3 rings (SSSR count). The summed E-state index contributed by atoms with van der Waals surface area (Å²) in [6.07, 6.45) is 1.42. The number of aromatic nitrogens is 2. The van der Waals surface area contributed by atoms with E-state index in [1.165, 1.54) is 18.5 Å². The van der Waals surface area contributed by atoms with E-state index < -0.39 is 0 Å². The maximum Gasteiger partial charge on any atom is 0.159 e. The Morgan fingerprint density at radius 3 is 2.22 bits per heavy atom. The lowest BCUT2D eigenvalue weighted by molar-refractivity contribution is 0.628. The van der Waals surface area contributed by atoms with E-state index in [-0.39, 0.29) is 5.82 Å². The van der Waals surface area contributed by atoms with Gasteiger partial charge in [0.2, 0.25) is 0 Å². The van der Waals surface area contributed by atoms with Crippen molar-refractivity contribution >= 4 is 28.7 Å². The Morgan fingerprint density at radius 1 is 0.913 bits per heavy atom. The van der Waals surface area contributed by atoms with E-state index in [4.69, 9.17) is 5.73 Å². The van der Waals surface area contributed by atoms with E-state index in [9.17, 15) is 4.39 Å². The molecule has 6 heteroatoms. The second kappa shape index (κ2) is 6.31. The van der Waals surface area contributed by atoms with E-state index in [2.05, 4.69) is 20.6 Å². The first-order chi connectivity index (χ1) is 11.1. The van der Waals surface area contributed by atoms with Crippen molar-refractivity contribution < 1.29 is 4.39 Å². The highest BCUT2D eigenvalue weighted by Gasteiger charge is 2.09. The molecular formula is C17H16FN5. The zero-order valence-electron chi connectivity index (χ0n) is 12.5. The SMILES string of the molecule is Cc1cccc(Nc2ncnc(Nc3ccc(F)cc3)c2N)c1. The molecule has 3 aromatic rings. The molecular weight excluding hydrogens is 293 g/mol. The smallest absolute Gasteiger partial charge is 0.159 e. The fourth-order valence-corrected chi connectivity index (χ4v) is 2.12. The van der Waals surface area contributed by atoms with Crippen LogP contribution < -0.4 is 16.4 Å². The van der Waals surface area contributed by atoms with Crippen molar-refractivity contribution in [3.8, 4) is 0 Å². The summed E-state index contributed by atoms with van der Waals surface area (Å²) in [7, 11) is 0. The van der Waals surface area contributed by atoms with Gasteiger partial charge in [-0.1, -0.05) is 12.1 Å². The lowest BCUT2D eigenvalue weighted by atomic mass is 10.2.